The molecule has 0 fully saturated rings. The Morgan fingerprint density at radius 2 is 0.823 bits per heavy atom. The molecule has 62 heavy (non-hydrogen) atoms. The van der Waals surface area contributed by atoms with Gasteiger partial charge in [0.15, 0.2) is 23.0 Å². The Hall–Kier alpha value is -8.14. The molecule has 0 aromatic heterocycles. The van der Waals surface area contributed by atoms with Gasteiger partial charge in [0.05, 0.1) is 16.8 Å². The minimum Gasteiger partial charge on any atom is -0.449 e. The van der Waals surface area contributed by atoms with Crippen LogP contribution in [0.4, 0.5) is 17.1 Å². The fourth-order valence-electron chi connectivity index (χ4n) is 10.4. The molecule has 0 bridgehead atoms. The number of ether oxygens (including phenoxy) is 2. The second-order valence-corrected chi connectivity index (χ2v) is 16.4. The minimum absolute atomic E-state index is 0.471. The molecule has 0 saturated carbocycles. The SMILES string of the molecule is c1ccc(-c2ccc(-c3ccc(N(c4cccc5c4Oc4cc6c(cc4O5)C4(c5ccccc5-c5ccccc54)c4ccccc4-6)c4cccc5ccccc45)cc3)cc2)cc1. The normalized spacial score (nSPS) is 13.2. The first kappa shape index (κ1) is 34.7. The van der Waals surface area contributed by atoms with Crippen LogP contribution in [0.2, 0.25) is 0 Å². The molecule has 3 aliphatic rings. The summed E-state index contributed by atoms with van der Waals surface area (Å²) in [6.45, 7) is 0. The highest BCUT2D eigenvalue weighted by molar-refractivity contribution is 6.01. The van der Waals surface area contributed by atoms with Crippen molar-refractivity contribution in [1.29, 1.82) is 0 Å². The third kappa shape index (κ3) is 5.00. The Morgan fingerprint density at radius 1 is 0.323 bits per heavy atom. The van der Waals surface area contributed by atoms with Gasteiger partial charge in [0.1, 0.15) is 0 Å². The van der Waals surface area contributed by atoms with E-state index in [2.05, 4.69) is 223 Å². The summed E-state index contributed by atoms with van der Waals surface area (Å²) >= 11 is 0. The van der Waals surface area contributed by atoms with Crippen LogP contribution in [-0.4, -0.2) is 0 Å². The molecular formula is C59H37NO2. The van der Waals surface area contributed by atoms with E-state index in [1.807, 2.05) is 6.07 Å². The summed E-state index contributed by atoms with van der Waals surface area (Å²) in [6, 6.07) is 80.5. The lowest BCUT2D eigenvalue weighted by Gasteiger charge is -2.32. The predicted octanol–water partition coefficient (Wildman–Crippen LogP) is 15.9. The third-order valence-electron chi connectivity index (χ3n) is 13.2. The molecule has 0 N–H and O–H groups in total. The van der Waals surface area contributed by atoms with Crippen LogP contribution in [0.1, 0.15) is 22.3 Å². The van der Waals surface area contributed by atoms with E-state index in [1.54, 1.807) is 0 Å². The van der Waals surface area contributed by atoms with Gasteiger partial charge in [-0.3, -0.25) is 0 Å². The summed E-state index contributed by atoms with van der Waals surface area (Å²) in [7, 11) is 0. The predicted molar refractivity (Wildman–Crippen MR) is 252 cm³/mol. The molecule has 10 aromatic carbocycles. The van der Waals surface area contributed by atoms with Crippen LogP contribution in [0.5, 0.6) is 23.0 Å². The van der Waals surface area contributed by atoms with Crippen molar-refractivity contribution in [1.82, 2.24) is 0 Å². The molecule has 0 saturated heterocycles. The number of anilines is 3. The summed E-state index contributed by atoms with van der Waals surface area (Å²) in [5.74, 6) is 2.75. The van der Waals surface area contributed by atoms with Crippen molar-refractivity contribution in [3.63, 3.8) is 0 Å². The van der Waals surface area contributed by atoms with Crippen molar-refractivity contribution in [2.75, 3.05) is 4.90 Å². The van der Waals surface area contributed by atoms with E-state index < -0.39 is 5.41 Å². The highest BCUT2D eigenvalue weighted by atomic mass is 16.6. The highest BCUT2D eigenvalue weighted by Gasteiger charge is 2.52. The molecule has 3 nitrogen and oxygen atoms in total. The van der Waals surface area contributed by atoms with Gasteiger partial charge in [0.2, 0.25) is 0 Å². The molecule has 0 atom stereocenters. The maximum absolute atomic E-state index is 7.15. The Kier molecular flexibility index (Phi) is 7.52. The fourth-order valence-corrected chi connectivity index (χ4v) is 10.4. The van der Waals surface area contributed by atoms with Gasteiger partial charge in [-0.1, -0.05) is 182 Å². The molecule has 0 radical (unpaired) electrons. The first-order chi connectivity index (χ1) is 30.7. The maximum Gasteiger partial charge on any atom is 0.194 e. The van der Waals surface area contributed by atoms with Gasteiger partial charge in [-0.05, 0) is 115 Å². The number of benzene rings is 10. The lowest BCUT2D eigenvalue weighted by atomic mass is 9.70. The highest BCUT2D eigenvalue weighted by Crippen LogP contribution is 2.65. The summed E-state index contributed by atoms with van der Waals surface area (Å²) in [5.41, 5.74) is 17.2. The molecular weight excluding hydrogens is 755 g/mol. The van der Waals surface area contributed by atoms with E-state index in [9.17, 15) is 0 Å². The summed E-state index contributed by atoms with van der Waals surface area (Å²) in [4.78, 5) is 2.31. The molecule has 2 aliphatic carbocycles. The van der Waals surface area contributed by atoms with Gasteiger partial charge in [0.25, 0.3) is 0 Å². The van der Waals surface area contributed by atoms with E-state index in [0.717, 1.165) is 39.0 Å². The van der Waals surface area contributed by atoms with Gasteiger partial charge < -0.3 is 14.4 Å². The summed E-state index contributed by atoms with van der Waals surface area (Å²) < 4.78 is 14.1. The van der Waals surface area contributed by atoms with E-state index in [1.165, 1.54) is 55.6 Å². The first-order valence-electron chi connectivity index (χ1n) is 21.2. The zero-order chi connectivity index (χ0) is 40.8. The number of hydrogen-bond donors (Lipinski definition) is 0. The summed E-state index contributed by atoms with van der Waals surface area (Å²) in [6.07, 6.45) is 0. The van der Waals surface area contributed by atoms with Crippen molar-refractivity contribution in [2.45, 2.75) is 5.41 Å². The molecule has 10 aromatic rings. The van der Waals surface area contributed by atoms with Crippen LogP contribution < -0.4 is 14.4 Å². The van der Waals surface area contributed by atoms with E-state index in [4.69, 9.17) is 9.47 Å². The number of fused-ring (bicyclic) bond motifs is 13. The van der Waals surface area contributed by atoms with Crippen LogP contribution in [0, 0.1) is 0 Å². The van der Waals surface area contributed by atoms with Crippen LogP contribution >= 0.6 is 0 Å². The molecule has 0 unspecified atom stereocenters. The standard InChI is InChI=1S/C59H37NO2/c1-2-14-38(15-3-1)39-28-30-40(31-29-39)41-32-34-43(35-33-41)60(53-25-12-17-42-16-4-5-18-44(42)53)54-26-13-27-55-58(54)62-56-36-48-47-21-8-11-24-51(47)59(52(48)37-57(56)61-55)49-22-9-6-19-45(49)46-20-7-10-23-50(46)59/h1-37H. The number of hydrogen-bond acceptors (Lipinski definition) is 3. The molecule has 1 spiro atoms. The van der Waals surface area contributed by atoms with Crippen LogP contribution in [0.3, 0.4) is 0 Å². The first-order valence-corrected chi connectivity index (χ1v) is 21.2. The minimum atomic E-state index is -0.471. The maximum atomic E-state index is 7.15. The second-order valence-electron chi connectivity index (χ2n) is 16.4. The topological polar surface area (TPSA) is 21.7 Å². The van der Waals surface area contributed by atoms with Crippen molar-refractivity contribution in [3.8, 4) is 67.5 Å². The van der Waals surface area contributed by atoms with Gasteiger partial charge in [-0.25, -0.2) is 0 Å². The van der Waals surface area contributed by atoms with Crippen LogP contribution in [-0.2, 0) is 5.41 Å². The molecule has 13 rings (SSSR count). The molecule has 1 heterocycles. The van der Waals surface area contributed by atoms with Gasteiger partial charge >= 0.3 is 0 Å². The van der Waals surface area contributed by atoms with Crippen molar-refractivity contribution >= 4 is 27.8 Å². The monoisotopic (exact) mass is 791 g/mol. The van der Waals surface area contributed by atoms with Crippen LogP contribution in [0.15, 0.2) is 224 Å². The molecule has 1 aliphatic heterocycles. The lowest BCUT2D eigenvalue weighted by molar-refractivity contribution is 0.360. The number of para-hydroxylation sites is 1. The average molecular weight is 792 g/mol. The summed E-state index contributed by atoms with van der Waals surface area (Å²) in [5, 5.41) is 2.30. The van der Waals surface area contributed by atoms with Gasteiger partial charge in [-0.2, -0.15) is 0 Å². The van der Waals surface area contributed by atoms with Gasteiger partial charge in [0, 0.05) is 11.1 Å². The average Bonchev–Trinajstić information content (AvgIpc) is 3.80. The fraction of sp³-hybridized carbons (Fsp3) is 0.0169. The zero-order valence-corrected chi connectivity index (χ0v) is 33.6. The van der Waals surface area contributed by atoms with Crippen molar-refractivity contribution in [2.24, 2.45) is 0 Å². The Morgan fingerprint density at radius 3 is 1.50 bits per heavy atom. The zero-order valence-electron chi connectivity index (χ0n) is 33.6. The Labute approximate surface area is 360 Å². The van der Waals surface area contributed by atoms with Crippen LogP contribution in [0.25, 0.3) is 55.3 Å². The molecule has 3 heteroatoms. The smallest absolute Gasteiger partial charge is 0.194 e. The van der Waals surface area contributed by atoms with E-state index >= 15 is 0 Å². The van der Waals surface area contributed by atoms with Crippen molar-refractivity contribution < 1.29 is 9.47 Å². The number of nitrogens with zero attached hydrogens (tertiary/aromatic N) is 1. The molecule has 0 amide bonds. The third-order valence-corrected chi connectivity index (χ3v) is 13.2. The van der Waals surface area contributed by atoms with E-state index in [-0.39, 0.29) is 0 Å². The Balaban J connectivity index is 0.941. The van der Waals surface area contributed by atoms with Crippen molar-refractivity contribution in [3.05, 3.63) is 247 Å². The largest absolute Gasteiger partial charge is 0.449 e. The lowest BCUT2D eigenvalue weighted by Crippen LogP contribution is -2.25. The quantitative estimate of drug-likeness (QED) is 0.173. The van der Waals surface area contributed by atoms with Gasteiger partial charge in [-0.15, -0.1) is 0 Å². The Bertz CT molecular complexity index is 3360. The second kappa shape index (κ2) is 13.4. The molecule has 290 valence electrons. The number of rotatable bonds is 5. The van der Waals surface area contributed by atoms with E-state index in [0.29, 0.717) is 23.0 Å².